The first-order valence-electron chi connectivity index (χ1n) is 3.61. The number of carbonyl (C=O) groups excluding carboxylic acids is 1. The molecule has 0 spiro atoms. The molecule has 0 aliphatic carbocycles. The Balaban J connectivity index is 3.20. The first kappa shape index (κ1) is 9.20. The maximum absolute atomic E-state index is 11.1. The van der Waals surface area contributed by atoms with Gasteiger partial charge in [0.25, 0.3) is 0 Å². The molecule has 4 nitrogen and oxygen atoms in total. The zero-order valence-electron chi connectivity index (χ0n) is 7.37. The van der Waals surface area contributed by atoms with Crippen molar-refractivity contribution in [2.24, 2.45) is 0 Å². The number of nitrogens with zero attached hydrogens (tertiary/aromatic N) is 2. The Morgan fingerprint density at radius 1 is 1.69 bits per heavy atom. The highest BCUT2D eigenvalue weighted by Crippen LogP contribution is 2.15. The Morgan fingerprint density at radius 2 is 2.38 bits per heavy atom. The van der Waals surface area contributed by atoms with E-state index in [-0.39, 0.29) is 0 Å². The first-order chi connectivity index (χ1) is 6.19. The third-order valence-electron chi connectivity index (χ3n) is 1.61. The van der Waals surface area contributed by atoms with Gasteiger partial charge in [-0.2, -0.15) is 0 Å². The molecule has 0 aliphatic rings. The van der Waals surface area contributed by atoms with E-state index in [2.05, 4.69) is 14.6 Å². The van der Waals surface area contributed by atoms with Crippen LogP contribution in [0.15, 0.2) is 12.3 Å². The minimum absolute atomic E-state index is 0.339. The summed E-state index contributed by atoms with van der Waals surface area (Å²) in [5.41, 5.74) is 1.25. The second-order valence-electron chi connectivity index (χ2n) is 2.43. The molecular formula is C9H8N2O2. The second-order valence-corrected chi connectivity index (χ2v) is 2.43. The summed E-state index contributed by atoms with van der Waals surface area (Å²) in [7, 11) is 1.30. The quantitative estimate of drug-likeness (QED) is 0.483. The highest BCUT2D eigenvalue weighted by molar-refractivity contribution is 5.91. The standard InChI is InChI=1S/C9H8N2O2/c1-6-8(9(12)13-3)4-7(10-2)5-11-6/h4-5H,1,3H3. The third-order valence-corrected chi connectivity index (χ3v) is 1.61. The van der Waals surface area contributed by atoms with Crippen LogP contribution in [0.1, 0.15) is 16.1 Å². The van der Waals surface area contributed by atoms with Crippen molar-refractivity contribution >= 4 is 11.7 Å². The molecule has 0 saturated heterocycles. The van der Waals surface area contributed by atoms with E-state index in [9.17, 15) is 4.79 Å². The van der Waals surface area contributed by atoms with E-state index in [4.69, 9.17) is 6.57 Å². The summed E-state index contributed by atoms with van der Waals surface area (Å²) in [5.74, 6) is -0.463. The number of methoxy groups -OCH3 is 1. The monoisotopic (exact) mass is 176 g/mol. The molecule has 0 bridgehead atoms. The molecule has 66 valence electrons. The second kappa shape index (κ2) is 3.68. The van der Waals surface area contributed by atoms with Crippen molar-refractivity contribution in [3.63, 3.8) is 0 Å². The van der Waals surface area contributed by atoms with Gasteiger partial charge in [0.2, 0.25) is 5.69 Å². The maximum atomic E-state index is 11.1. The zero-order valence-corrected chi connectivity index (χ0v) is 7.37. The molecule has 1 rings (SSSR count). The van der Waals surface area contributed by atoms with Gasteiger partial charge in [-0.3, -0.25) is 4.98 Å². The van der Waals surface area contributed by atoms with Crippen LogP contribution >= 0.6 is 0 Å². The van der Waals surface area contributed by atoms with Crippen LogP contribution in [0.2, 0.25) is 0 Å². The summed E-state index contributed by atoms with van der Waals surface area (Å²) in [4.78, 5) is 18.2. The molecule has 1 aromatic heterocycles. The molecule has 4 heteroatoms. The van der Waals surface area contributed by atoms with Gasteiger partial charge >= 0.3 is 5.97 Å². The summed E-state index contributed by atoms with van der Waals surface area (Å²) < 4.78 is 4.53. The van der Waals surface area contributed by atoms with Gasteiger partial charge in [-0.15, -0.1) is 0 Å². The van der Waals surface area contributed by atoms with Gasteiger partial charge in [-0.05, 0) is 13.0 Å². The lowest BCUT2D eigenvalue weighted by atomic mass is 10.2. The predicted octanol–water partition coefficient (Wildman–Crippen LogP) is 1.73. The number of hydrogen-bond acceptors (Lipinski definition) is 3. The Hall–Kier alpha value is -1.89. The van der Waals surface area contributed by atoms with Crippen molar-refractivity contribution in [3.05, 3.63) is 34.9 Å². The van der Waals surface area contributed by atoms with Crippen molar-refractivity contribution in [1.29, 1.82) is 0 Å². The molecular weight excluding hydrogens is 168 g/mol. The smallest absolute Gasteiger partial charge is 0.338 e. The van der Waals surface area contributed by atoms with Crippen LogP contribution in [0.25, 0.3) is 4.85 Å². The van der Waals surface area contributed by atoms with Crippen LogP contribution in [0.3, 0.4) is 0 Å². The third kappa shape index (κ3) is 1.82. The van der Waals surface area contributed by atoms with E-state index in [0.29, 0.717) is 16.9 Å². The van der Waals surface area contributed by atoms with Gasteiger partial charge in [0.05, 0.1) is 19.2 Å². The van der Waals surface area contributed by atoms with E-state index in [0.717, 1.165) is 0 Å². The fraction of sp³-hybridized carbons (Fsp3) is 0.222. The maximum Gasteiger partial charge on any atom is 0.338 e. The lowest BCUT2D eigenvalue weighted by Crippen LogP contribution is -2.04. The Kier molecular flexibility index (Phi) is 2.60. The van der Waals surface area contributed by atoms with Gasteiger partial charge in [0.15, 0.2) is 0 Å². The average Bonchev–Trinajstić information content (AvgIpc) is 2.17. The number of hydrogen-bond donors (Lipinski definition) is 0. The zero-order chi connectivity index (χ0) is 9.84. The van der Waals surface area contributed by atoms with Gasteiger partial charge in [-0.1, -0.05) is 0 Å². The molecule has 1 heterocycles. The van der Waals surface area contributed by atoms with Gasteiger partial charge in [0.1, 0.15) is 0 Å². The number of carbonyl (C=O) groups is 1. The van der Waals surface area contributed by atoms with Crippen molar-refractivity contribution < 1.29 is 9.53 Å². The molecule has 0 radical (unpaired) electrons. The molecule has 0 aliphatic heterocycles. The molecule has 0 atom stereocenters. The van der Waals surface area contributed by atoms with Gasteiger partial charge in [-0.25, -0.2) is 9.64 Å². The minimum Gasteiger partial charge on any atom is -0.465 e. The topological polar surface area (TPSA) is 43.5 Å². The van der Waals surface area contributed by atoms with Crippen molar-refractivity contribution in [2.75, 3.05) is 7.11 Å². The number of esters is 1. The lowest BCUT2D eigenvalue weighted by molar-refractivity contribution is 0.0599. The Labute approximate surface area is 76.0 Å². The molecule has 0 N–H and O–H groups in total. The molecule has 13 heavy (non-hydrogen) atoms. The number of pyridine rings is 1. The van der Waals surface area contributed by atoms with Crippen LogP contribution < -0.4 is 0 Å². The van der Waals surface area contributed by atoms with Crippen molar-refractivity contribution in [1.82, 2.24) is 4.98 Å². The Morgan fingerprint density at radius 3 is 2.92 bits per heavy atom. The molecule has 0 fully saturated rings. The largest absolute Gasteiger partial charge is 0.465 e. The van der Waals surface area contributed by atoms with Crippen LogP contribution in [0, 0.1) is 13.5 Å². The van der Waals surface area contributed by atoms with Crippen LogP contribution in [-0.2, 0) is 4.74 Å². The molecule has 0 unspecified atom stereocenters. The summed E-state index contributed by atoms with van der Waals surface area (Å²) in [6, 6.07) is 1.47. The van der Waals surface area contributed by atoms with E-state index >= 15 is 0 Å². The molecule has 0 aromatic carbocycles. The number of aromatic nitrogens is 1. The van der Waals surface area contributed by atoms with E-state index < -0.39 is 5.97 Å². The van der Waals surface area contributed by atoms with Crippen molar-refractivity contribution in [2.45, 2.75) is 6.92 Å². The minimum atomic E-state index is -0.463. The van der Waals surface area contributed by atoms with Crippen molar-refractivity contribution in [3.8, 4) is 0 Å². The van der Waals surface area contributed by atoms with E-state index in [1.165, 1.54) is 19.4 Å². The summed E-state index contributed by atoms with van der Waals surface area (Å²) in [5, 5.41) is 0. The van der Waals surface area contributed by atoms with E-state index in [1.807, 2.05) is 0 Å². The number of ether oxygens (including phenoxy) is 1. The summed E-state index contributed by atoms with van der Waals surface area (Å²) >= 11 is 0. The Bertz CT molecular complexity index is 380. The van der Waals surface area contributed by atoms with Crippen LogP contribution in [0.4, 0.5) is 5.69 Å². The number of rotatable bonds is 1. The number of aryl methyl sites for hydroxylation is 1. The summed E-state index contributed by atoms with van der Waals surface area (Å²) in [6.45, 7) is 8.44. The highest BCUT2D eigenvalue weighted by Gasteiger charge is 2.10. The summed E-state index contributed by atoms with van der Waals surface area (Å²) in [6.07, 6.45) is 1.43. The van der Waals surface area contributed by atoms with Crippen LogP contribution in [0.5, 0.6) is 0 Å². The van der Waals surface area contributed by atoms with Crippen LogP contribution in [-0.4, -0.2) is 18.1 Å². The van der Waals surface area contributed by atoms with Gasteiger partial charge < -0.3 is 4.74 Å². The highest BCUT2D eigenvalue weighted by atomic mass is 16.5. The SMILES string of the molecule is [C-]#[N+]c1cnc(C)c(C(=O)OC)c1. The molecule has 0 saturated carbocycles. The van der Waals surface area contributed by atoms with E-state index in [1.54, 1.807) is 6.92 Å². The lowest BCUT2D eigenvalue weighted by Gasteiger charge is -2.02. The fourth-order valence-corrected chi connectivity index (χ4v) is 0.900. The normalized spacial score (nSPS) is 9.00. The first-order valence-corrected chi connectivity index (χ1v) is 3.61. The predicted molar refractivity (Wildman–Crippen MR) is 46.6 cm³/mol. The molecule has 1 aromatic rings. The van der Waals surface area contributed by atoms with Gasteiger partial charge in [0, 0.05) is 11.9 Å². The fourth-order valence-electron chi connectivity index (χ4n) is 0.900. The average molecular weight is 176 g/mol. The molecule has 0 amide bonds.